The maximum absolute atomic E-state index is 12.5. The summed E-state index contributed by atoms with van der Waals surface area (Å²) in [6, 6.07) is 17.7. The van der Waals surface area contributed by atoms with Crippen molar-refractivity contribution in [2.24, 2.45) is 0 Å². The number of aromatic nitrogens is 1. The Kier molecular flexibility index (Phi) is 5.46. The predicted octanol–water partition coefficient (Wildman–Crippen LogP) is 5.02. The van der Waals surface area contributed by atoms with E-state index < -0.39 is 0 Å². The zero-order chi connectivity index (χ0) is 17.6. The largest absolute Gasteiger partial charge is 0.380 e. The summed E-state index contributed by atoms with van der Waals surface area (Å²) in [6.45, 7) is 2.68. The molecule has 126 valence electrons. The van der Waals surface area contributed by atoms with Crippen molar-refractivity contribution in [2.45, 2.75) is 13.5 Å². The molecule has 1 heterocycles. The van der Waals surface area contributed by atoms with Crippen molar-refractivity contribution in [3.05, 3.63) is 88.2 Å². The summed E-state index contributed by atoms with van der Waals surface area (Å²) in [5.41, 5.74) is 4.34. The van der Waals surface area contributed by atoms with Gasteiger partial charge in [-0.05, 0) is 52.2 Å². The molecular weight excluding hydrogens is 378 g/mol. The Balaban J connectivity index is 1.69. The molecule has 2 N–H and O–H groups in total. The lowest BCUT2D eigenvalue weighted by molar-refractivity contribution is 0.102. The molecule has 3 aromatic rings. The molecule has 0 saturated carbocycles. The molecule has 4 nitrogen and oxygen atoms in total. The number of amides is 1. The van der Waals surface area contributed by atoms with Crippen LogP contribution in [-0.4, -0.2) is 10.9 Å². The average Bonchev–Trinajstić information content (AvgIpc) is 2.63. The van der Waals surface area contributed by atoms with Crippen molar-refractivity contribution in [1.29, 1.82) is 0 Å². The number of benzene rings is 2. The summed E-state index contributed by atoms with van der Waals surface area (Å²) in [7, 11) is 0. The van der Waals surface area contributed by atoms with E-state index in [1.807, 2.05) is 55.5 Å². The van der Waals surface area contributed by atoms with Crippen LogP contribution in [0.3, 0.4) is 0 Å². The van der Waals surface area contributed by atoms with E-state index in [2.05, 4.69) is 31.5 Å². The number of hydrogen-bond donors (Lipinski definition) is 2. The monoisotopic (exact) mass is 395 g/mol. The molecule has 0 unspecified atom stereocenters. The predicted molar refractivity (Wildman–Crippen MR) is 105 cm³/mol. The third kappa shape index (κ3) is 4.67. The topological polar surface area (TPSA) is 54.0 Å². The van der Waals surface area contributed by atoms with Crippen LogP contribution in [0, 0.1) is 6.92 Å². The third-order valence-electron chi connectivity index (χ3n) is 3.71. The first-order chi connectivity index (χ1) is 12.1. The summed E-state index contributed by atoms with van der Waals surface area (Å²) in [6.07, 6.45) is 3.27. The van der Waals surface area contributed by atoms with E-state index in [0.717, 1.165) is 21.4 Å². The van der Waals surface area contributed by atoms with Gasteiger partial charge in [-0.15, -0.1) is 0 Å². The number of nitrogens with one attached hydrogen (secondary N) is 2. The van der Waals surface area contributed by atoms with Gasteiger partial charge in [0.15, 0.2) is 0 Å². The number of aryl methyl sites for hydroxylation is 1. The molecule has 3 rings (SSSR count). The van der Waals surface area contributed by atoms with Crippen LogP contribution in [0.1, 0.15) is 21.5 Å². The first-order valence-electron chi connectivity index (χ1n) is 7.92. The number of pyridine rings is 1. The highest BCUT2D eigenvalue weighted by atomic mass is 79.9. The first kappa shape index (κ1) is 17.2. The van der Waals surface area contributed by atoms with Gasteiger partial charge in [0, 0.05) is 23.4 Å². The summed E-state index contributed by atoms with van der Waals surface area (Å²) >= 11 is 3.47. The molecule has 2 aromatic carbocycles. The number of hydrogen-bond acceptors (Lipinski definition) is 3. The zero-order valence-electron chi connectivity index (χ0n) is 13.8. The van der Waals surface area contributed by atoms with Gasteiger partial charge in [-0.3, -0.25) is 9.78 Å². The third-order valence-corrected chi connectivity index (χ3v) is 4.37. The van der Waals surface area contributed by atoms with Gasteiger partial charge < -0.3 is 10.6 Å². The Labute approximate surface area is 155 Å². The number of halogens is 1. The molecule has 0 atom stereocenters. The van der Waals surface area contributed by atoms with Gasteiger partial charge in [0.1, 0.15) is 0 Å². The number of anilines is 2. The highest BCUT2D eigenvalue weighted by Gasteiger charge is 2.09. The lowest BCUT2D eigenvalue weighted by Crippen LogP contribution is -2.13. The number of nitrogens with zero attached hydrogens (tertiary/aromatic N) is 1. The Morgan fingerprint density at radius 3 is 2.64 bits per heavy atom. The minimum Gasteiger partial charge on any atom is -0.380 e. The van der Waals surface area contributed by atoms with Crippen molar-refractivity contribution in [2.75, 3.05) is 10.6 Å². The van der Waals surface area contributed by atoms with Crippen LogP contribution in [0.2, 0.25) is 0 Å². The van der Waals surface area contributed by atoms with Crippen LogP contribution < -0.4 is 10.6 Å². The molecule has 1 amide bonds. The molecule has 0 aliphatic rings. The molecule has 0 fully saturated rings. The van der Waals surface area contributed by atoms with Crippen molar-refractivity contribution in [3.8, 4) is 0 Å². The van der Waals surface area contributed by atoms with E-state index in [-0.39, 0.29) is 5.91 Å². The lowest BCUT2D eigenvalue weighted by Gasteiger charge is -2.10. The summed E-state index contributed by atoms with van der Waals surface area (Å²) in [5, 5.41) is 6.19. The molecule has 0 bridgehead atoms. The van der Waals surface area contributed by atoms with Gasteiger partial charge in [0.05, 0.1) is 16.9 Å². The maximum atomic E-state index is 12.5. The van der Waals surface area contributed by atoms with E-state index in [4.69, 9.17) is 0 Å². The van der Waals surface area contributed by atoms with E-state index in [1.165, 1.54) is 5.56 Å². The van der Waals surface area contributed by atoms with Crippen LogP contribution in [0.5, 0.6) is 0 Å². The molecule has 0 saturated heterocycles. The zero-order valence-corrected chi connectivity index (χ0v) is 15.4. The second-order valence-corrected chi connectivity index (χ2v) is 6.59. The van der Waals surface area contributed by atoms with Crippen LogP contribution >= 0.6 is 15.9 Å². The van der Waals surface area contributed by atoms with Gasteiger partial charge in [0.2, 0.25) is 0 Å². The smallest absolute Gasteiger partial charge is 0.257 e. The van der Waals surface area contributed by atoms with Crippen molar-refractivity contribution in [1.82, 2.24) is 4.98 Å². The summed E-state index contributed by atoms with van der Waals surface area (Å²) in [5.74, 6) is -0.194. The van der Waals surface area contributed by atoms with Gasteiger partial charge in [-0.25, -0.2) is 0 Å². The molecule has 0 aliphatic heterocycles. The quantitative estimate of drug-likeness (QED) is 0.637. The number of rotatable bonds is 5. The fourth-order valence-electron chi connectivity index (χ4n) is 2.38. The van der Waals surface area contributed by atoms with Gasteiger partial charge >= 0.3 is 0 Å². The van der Waals surface area contributed by atoms with Crippen molar-refractivity contribution < 1.29 is 4.79 Å². The van der Waals surface area contributed by atoms with E-state index in [1.54, 1.807) is 18.5 Å². The molecule has 0 radical (unpaired) electrons. The molecular formula is C20H18BrN3O. The Morgan fingerprint density at radius 2 is 1.88 bits per heavy atom. The number of carbonyl (C=O) groups excluding carboxylic acids is 1. The SMILES string of the molecule is Cc1ccc(NC(=O)c2cncc(NCc3ccccc3)c2)c(Br)c1. The molecule has 5 heteroatoms. The minimum absolute atomic E-state index is 0.194. The lowest BCUT2D eigenvalue weighted by atomic mass is 10.2. The highest BCUT2D eigenvalue weighted by Crippen LogP contribution is 2.24. The second-order valence-electron chi connectivity index (χ2n) is 5.74. The second kappa shape index (κ2) is 7.94. The highest BCUT2D eigenvalue weighted by molar-refractivity contribution is 9.10. The summed E-state index contributed by atoms with van der Waals surface area (Å²) < 4.78 is 0.854. The summed E-state index contributed by atoms with van der Waals surface area (Å²) in [4.78, 5) is 16.6. The molecule has 1 aromatic heterocycles. The van der Waals surface area contributed by atoms with Gasteiger partial charge in [0.25, 0.3) is 5.91 Å². The van der Waals surface area contributed by atoms with E-state index in [9.17, 15) is 4.79 Å². The van der Waals surface area contributed by atoms with Crippen LogP contribution in [0.4, 0.5) is 11.4 Å². The maximum Gasteiger partial charge on any atom is 0.257 e. The van der Waals surface area contributed by atoms with Crippen LogP contribution in [-0.2, 0) is 6.54 Å². The normalized spacial score (nSPS) is 10.3. The Bertz CT molecular complexity index is 881. The minimum atomic E-state index is -0.194. The van der Waals surface area contributed by atoms with Crippen LogP contribution in [0.25, 0.3) is 0 Å². The van der Waals surface area contributed by atoms with Crippen molar-refractivity contribution >= 4 is 33.2 Å². The van der Waals surface area contributed by atoms with E-state index in [0.29, 0.717) is 12.1 Å². The van der Waals surface area contributed by atoms with E-state index >= 15 is 0 Å². The molecule has 0 aliphatic carbocycles. The average molecular weight is 396 g/mol. The fraction of sp³-hybridized carbons (Fsp3) is 0.100. The standard InChI is InChI=1S/C20H18BrN3O/c1-14-7-8-19(18(21)9-14)24-20(25)16-10-17(13-22-12-16)23-11-15-5-3-2-4-6-15/h2-10,12-13,23H,11H2,1H3,(H,24,25). The van der Waals surface area contributed by atoms with Crippen molar-refractivity contribution in [3.63, 3.8) is 0 Å². The van der Waals surface area contributed by atoms with Gasteiger partial charge in [-0.2, -0.15) is 0 Å². The Morgan fingerprint density at radius 1 is 1.08 bits per heavy atom. The van der Waals surface area contributed by atoms with Gasteiger partial charge in [-0.1, -0.05) is 36.4 Å². The van der Waals surface area contributed by atoms with Crippen LogP contribution in [0.15, 0.2) is 71.5 Å². The fourth-order valence-corrected chi connectivity index (χ4v) is 2.97. The Hall–Kier alpha value is -2.66. The molecule has 25 heavy (non-hydrogen) atoms. The molecule has 0 spiro atoms. The first-order valence-corrected chi connectivity index (χ1v) is 8.71. The number of carbonyl (C=O) groups is 1.